The highest BCUT2D eigenvalue weighted by atomic mass is 16.2. The van der Waals surface area contributed by atoms with Crippen LogP contribution >= 0.6 is 0 Å². The Hall–Kier alpha value is -2.63. The molecule has 2 aromatic rings. The fourth-order valence-corrected chi connectivity index (χ4v) is 1.98. The SMILES string of the molecule is O=C1CCN(c2ncc(-c3ccccc3)[nH]2)C(=O)N1. The first-order chi connectivity index (χ1) is 9.24. The Labute approximate surface area is 109 Å². The minimum atomic E-state index is -0.440. The lowest BCUT2D eigenvalue weighted by atomic mass is 10.2. The highest BCUT2D eigenvalue weighted by Crippen LogP contribution is 2.20. The molecular weight excluding hydrogens is 244 g/mol. The van der Waals surface area contributed by atoms with Crippen molar-refractivity contribution < 1.29 is 9.59 Å². The van der Waals surface area contributed by atoms with Crippen molar-refractivity contribution in [1.82, 2.24) is 15.3 Å². The number of hydrogen-bond donors (Lipinski definition) is 2. The van der Waals surface area contributed by atoms with E-state index in [1.807, 2.05) is 30.3 Å². The topological polar surface area (TPSA) is 78.1 Å². The van der Waals surface area contributed by atoms with Crippen LogP contribution in [0.15, 0.2) is 36.5 Å². The molecule has 1 aromatic heterocycles. The first kappa shape index (κ1) is 11.5. The Morgan fingerprint density at radius 3 is 2.68 bits per heavy atom. The fourth-order valence-electron chi connectivity index (χ4n) is 1.98. The lowest BCUT2D eigenvalue weighted by molar-refractivity contribution is -0.120. The summed E-state index contributed by atoms with van der Waals surface area (Å²) < 4.78 is 0. The number of carbonyl (C=O) groups is 2. The van der Waals surface area contributed by atoms with Crippen LogP contribution in [0.3, 0.4) is 0 Å². The van der Waals surface area contributed by atoms with E-state index in [1.165, 1.54) is 4.90 Å². The van der Waals surface area contributed by atoms with Gasteiger partial charge in [-0.1, -0.05) is 30.3 Å². The van der Waals surface area contributed by atoms with Gasteiger partial charge < -0.3 is 4.98 Å². The number of imidazole rings is 1. The number of benzene rings is 1. The molecule has 0 unspecified atom stereocenters. The van der Waals surface area contributed by atoms with Gasteiger partial charge in [0.05, 0.1) is 11.9 Å². The van der Waals surface area contributed by atoms with E-state index in [0.717, 1.165) is 11.3 Å². The number of aromatic nitrogens is 2. The number of H-pyrrole nitrogens is 1. The van der Waals surface area contributed by atoms with Crippen LogP contribution in [0.2, 0.25) is 0 Å². The van der Waals surface area contributed by atoms with Gasteiger partial charge in [0.2, 0.25) is 11.9 Å². The van der Waals surface area contributed by atoms with E-state index in [9.17, 15) is 9.59 Å². The number of carbonyl (C=O) groups excluding carboxylic acids is 2. The Balaban J connectivity index is 1.86. The number of imide groups is 1. The van der Waals surface area contributed by atoms with E-state index in [4.69, 9.17) is 0 Å². The van der Waals surface area contributed by atoms with Crippen molar-refractivity contribution in [2.45, 2.75) is 6.42 Å². The van der Waals surface area contributed by atoms with Crippen molar-refractivity contribution in [3.05, 3.63) is 36.5 Å². The molecule has 0 saturated carbocycles. The average molecular weight is 256 g/mol. The number of nitrogens with one attached hydrogen (secondary N) is 2. The number of aromatic amines is 1. The number of rotatable bonds is 2. The maximum atomic E-state index is 11.7. The molecule has 3 amide bonds. The molecule has 1 aliphatic heterocycles. The first-order valence-corrected chi connectivity index (χ1v) is 5.96. The summed E-state index contributed by atoms with van der Waals surface area (Å²) in [7, 11) is 0. The van der Waals surface area contributed by atoms with E-state index in [2.05, 4.69) is 15.3 Å². The fraction of sp³-hybridized carbons (Fsp3) is 0.154. The molecule has 1 saturated heterocycles. The van der Waals surface area contributed by atoms with Crippen molar-refractivity contribution in [2.75, 3.05) is 11.4 Å². The second kappa shape index (κ2) is 4.56. The smallest absolute Gasteiger partial charge is 0.324 e. The summed E-state index contributed by atoms with van der Waals surface area (Å²) in [6, 6.07) is 9.27. The van der Waals surface area contributed by atoms with Gasteiger partial charge in [0, 0.05) is 13.0 Å². The van der Waals surface area contributed by atoms with Crippen LogP contribution in [0, 0.1) is 0 Å². The zero-order valence-corrected chi connectivity index (χ0v) is 10.1. The van der Waals surface area contributed by atoms with Crippen LogP contribution in [-0.2, 0) is 4.79 Å². The van der Waals surface area contributed by atoms with Gasteiger partial charge in [-0.25, -0.2) is 9.78 Å². The van der Waals surface area contributed by atoms with Crippen molar-refractivity contribution in [3.8, 4) is 11.3 Å². The molecule has 96 valence electrons. The molecule has 2 heterocycles. The van der Waals surface area contributed by atoms with Crippen LogP contribution < -0.4 is 10.2 Å². The highest BCUT2D eigenvalue weighted by molar-refractivity contribution is 6.04. The third-order valence-electron chi connectivity index (χ3n) is 2.96. The van der Waals surface area contributed by atoms with Crippen molar-refractivity contribution in [1.29, 1.82) is 0 Å². The Morgan fingerprint density at radius 2 is 1.95 bits per heavy atom. The molecule has 0 bridgehead atoms. The Kier molecular flexibility index (Phi) is 2.75. The second-order valence-corrected chi connectivity index (χ2v) is 4.24. The minimum Gasteiger partial charge on any atom is -0.324 e. The van der Waals surface area contributed by atoms with Gasteiger partial charge in [0.1, 0.15) is 0 Å². The number of nitrogens with zero attached hydrogens (tertiary/aromatic N) is 2. The standard InChI is InChI=1S/C13H12N4O2/c18-11-6-7-17(13(19)16-11)12-14-8-10(15-12)9-4-2-1-3-5-9/h1-5,8H,6-7H2,(H,14,15)(H,16,18,19). The highest BCUT2D eigenvalue weighted by Gasteiger charge is 2.26. The predicted molar refractivity (Wildman–Crippen MR) is 69.5 cm³/mol. The number of urea groups is 1. The lowest BCUT2D eigenvalue weighted by Crippen LogP contribution is -2.50. The van der Waals surface area contributed by atoms with Crippen molar-refractivity contribution in [2.24, 2.45) is 0 Å². The maximum absolute atomic E-state index is 11.7. The van der Waals surface area contributed by atoms with Gasteiger partial charge in [-0.15, -0.1) is 0 Å². The largest absolute Gasteiger partial charge is 0.330 e. The van der Waals surface area contributed by atoms with E-state index < -0.39 is 6.03 Å². The lowest BCUT2D eigenvalue weighted by Gasteiger charge is -2.23. The van der Waals surface area contributed by atoms with Crippen molar-refractivity contribution in [3.63, 3.8) is 0 Å². The normalized spacial score (nSPS) is 15.5. The molecule has 2 N–H and O–H groups in total. The number of hydrogen-bond acceptors (Lipinski definition) is 3. The summed E-state index contributed by atoms with van der Waals surface area (Å²) in [5.41, 5.74) is 1.83. The number of amides is 3. The molecule has 6 nitrogen and oxygen atoms in total. The summed E-state index contributed by atoms with van der Waals surface area (Å²) >= 11 is 0. The Morgan fingerprint density at radius 1 is 1.16 bits per heavy atom. The van der Waals surface area contributed by atoms with Gasteiger partial charge in [0.15, 0.2) is 0 Å². The van der Waals surface area contributed by atoms with Crippen LogP contribution in [0.25, 0.3) is 11.3 Å². The van der Waals surface area contributed by atoms with E-state index in [1.54, 1.807) is 6.20 Å². The molecule has 3 rings (SSSR count). The minimum absolute atomic E-state index is 0.254. The molecule has 0 radical (unpaired) electrons. The molecule has 1 aromatic carbocycles. The molecule has 1 aliphatic rings. The second-order valence-electron chi connectivity index (χ2n) is 4.24. The summed E-state index contributed by atoms with van der Waals surface area (Å²) in [4.78, 5) is 31.5. The maximum Gasteiger partial charge on any atom is 0.330 e. The summed E-state index contributed by atoms with van der Waals surface area (Å²) in [6.45, 7) is 0.340. The van der Waals surface area contributed by atoms with Gasteiger partial charge in [-0.05, 0) is 5.56 Å². The third kappa shape index (κ3) is 2.20. The van der Waals surface area contributed by atoms with Gasteiger partial charge in [-0.3, -0.25) is 15.0 Å². The average Bonchev–Trinajstić information content (AvgIpc) is 2.89. The molecule has 6 heteroatoms. The Bertz CT molecular complexity index is 621. The van der Waals surface area contributed by atoms with E-state index in [0.29, 0.717) is 12.5 Å². The van der Waals surface area contributed by atoms with Crippen LogP contribution in [-0.4, -0.2) is 28.5 Å². The molecule has 0 aliphatic carbocycles. The van der Waals surface area contributed by atoms with Crippen molar-refractivity contribution >= 4 is 17.9 Å². The summed E-state index contributed by atoms with van der Waals surface area (Å²) in [5.74, 6) is 0.194. The molecule has 0 atom stereocenters. The molecule has 0 spiro atoms. The van der Waals surface area contributed by atoms with Gasteiger partial charge >= 0.3 is 6.03 Å². The van der Waals surface area contributed by atoms with Gasteiger partial charge in [0.25, 0.3) is 0 Å². The first-order valence-electron chi connectivity index (χ1n) is 5.96. The van der Waals surface area contributed by atoms with E-state index in [-0.39, 0.29) is 12.3 Å². The summed E-state index contributed by atoms with van der Waals surface area (Å²) in [5, 5.41) is 2.26. The zero-order valence-electron chi connectivity index (χ0n) is 10.1. The van der Waals surface area contributed by atoms with Crippen LogP contribution in [0.5, 0.6) is 0 Å². The van der Waals surface area contributed by atoms with Crippen LogP contribution in [0.1, 0.15) is 6.42 Å². The monoisotopic (exact) mass is 256 g/mol. The molecule has 1 fully saturated rings. The predicted octanol–water partition coefficient (Wildman–Crippen LogP) is 1.52. The van der Waals surface area contributed by atoms with Gasteiger partial charge in [-0.2, -0.15) is 0 Å². The summed E-state index contributed by atoms with van der Waals surface area (Å²) in [6.07, 6.45) is 1.96. The zero-order chi connectivity index (χ0) is 13.2. The number of anilines is 1. The third-order valence-corrected chi connectivity index (χ3v) is 2.96. The molecular formula is C13H12N4O2. The quantitative estimate of drug-likeness (QED) is 0.855. The van der Waals surface area contributed by atoms with E-state index >= 15 is 0 Å². The molecule has 19 heavy (non-hydrogen) atoms. The van der Waals surface area contributed by atoms with Crippen LogP contribution in [0.4, 0.5) is 10.7 Å².